The fourth-order valence-corrected chi connectivity index (χ4v) is 2.54. The van der Waals surface area contributed by atoms with Crippen molar-refractivity contribution >= 4 is 0 Å². The van der Waals surface area contributed by atoms with E-state index in [1.165, 1.54) is 58.5 Å². The Morgan fingerprint density at radius 1 is 0.385 bits per heavy atom. The minimum atomic E-state index is -0.116. The summed E-state index contributed by atoms with van der Waals surface area (Å²) >= 11 is 0. The van der Waals surface area contributed by atoms with Gasteiger partial charge in [0.2, 0.25) is 0 Å². The van der Waals surface area contributed by atoms with Crippen molar-refractivity contribution in [2.24, 2.45) is 34.4 Å². The Kier molecular flexibility index (Phi) is 143. The first-order valence-electron chi connectivity index (χ1n) is 12.3. The summed E-state index contributed by atoms with van der Waals surface area (Å²) in [7, 11) is 0. The highest BCUT2D eigenvalue weighted by Crippen LogP contribution is 1.84. The van der Waals surface area contributed by atoms with E-state index in [-0.39, 0.29) is 111 Å². The highest BCUT2D eigenvalue weighted by atomic mass is 35.5. The van der Waals surface area contributed by atoms with Crippen LogP contribution in [0.4, 0.5) is 0 Å². The fraction of sp³-hybridized carbons (Fsp3) is 1.00. The Morgan fingerprint density at radius 2 is 0.564 bits per heavy atom. The van der Waals surface area contributed by atoms with E-state index in [4.69, 9.17) is 34.4 Å². The lowest BCUT2D eigenvalue weighted by molar-refractivity contribution is -0.655. The lowest BCUT2D eigenvalue weighted by atomic mass is 10.2. The van der Waals surface area contributed by atoms with Crippen LogP contribution in [-0.2, 0) is 0 Å². The Labute approximate surface area is 278 Å². The second kappa shape index (κ2) is 72.0. The smallest absolute Gasteiger partial charge is 0.0756 e. The lowest BCUT2D eigenvalue weighted by Gasteiger charge is -2.02. The second-order valence-corrected chi connectivity index (χ2v) is 8.02. The van der Waals surface area contributed by atoms with Crippen molar-refractivity contribution in [3.8, 4) is 0 Å². The molecule has 30 N–H and O–H groups in total. The minimum Gasteiger partial charge on any atom is -1.00 e. The third-order valence-corrected chi connectivity index (χ3v) is 4.32. The van der Waals surface area contributed by atoms with Crippen molar-refractivity contribution in [2.45, 2.75) is 97.1 Å². The zero-order valence-corrected chi connectivity index (χ0v) is 30.3. The van der Waals surface area contributed by atoms with Crippen LogP contribution >= 0.6 is 0 Å². The molecule has 0 atom stereocenters. The molecule has 0 rings (SSSR count). The van der Waals surface area contributed by atoms with Crippen LogP contribution < -0.4 is 143 Å². The van der Waals surface area contributed by atoms with Crippen LogP contribution in [-0.4, -0.2) is 57.8 Å². The molecule has 0 unspecified atom stereocenters. The van der Waals surface area contributed by atoms with E-state index in [0.717, 1.165) is 38.5 Å². The fourth-order valence-electron chi connectivity index (χ4n) is 2.54. The van der Waals surface area contributed by atoms with Crippen molar-refractivity contribution in [3.63, 3.8) is 0 Å². The van der Waals surface area contributed by atoms with Crippen molar-refractivity contribution in [2.75, 3.05) is 39.3 Å². The van der Waals surface area contributed by atoms with Gasteiger partial charge in [0, 0.05) is 0 Å². The summed E-state index contributed by atoms with van der Waals surface area (Å²) in [6, 6.07) is 0. The van der Waals surface area contributed by atoms with Crippen LogP contribution in [0.1, 0.15) is 78.6 Å². The predicted molar refractivity (Wildman–Crippen MR) is 148 cm³/mol. The first-order chi connectivity index (χ1) is 14.3. The molecule has 0 heterocycles. The van der Waals surface area contributed by atoms with E-state index < -0.39 is 0 Å². The minimum absolute atomic E-state index is 0. The van der Waals surface area contributed by atoms with E-state index in [2.05, 4.69) is 36.7 Å². The van der Waals surface area contributed by atoms with Crippen LogP contribution in [0.3, 0.4) is 0 Å². The average Bonchev–Trinajstić information content (AvgIpc) is 2.68. The molecular formula is C21H72Cl6N12. The van der Waals surface area contributed by atoms with Crippen LogP contribution in [0, 0.1) is 0 Å². The van der Waals surface area contributed by atoms with Crippen LogP contribution in [0.25, 0.3) is 0 Å². The summed E-state index contributed by atoms with van der Waals surface area (Å²) in [5, 5.41) is 6.92. The van der Waals surface area contributed by atoms with E-state index in [9.17, 15) is 0 Å². The van der Waals surface area contributed by atoms with E-state index >= 15 is 0 Å². The maximum atomic E-state index is 5.37. The summed E-state index contributed by atoms with van der Waals surface area (Å²) < 4.78 is 0. The van der Waals surface area contributed by atoms with Gasteiger partial charge in [-0.25, -0.2) is 0 Å². The molecule has 0 fully saturated rings. The molecule has 0 aliphatic rings. The molecule has 0 bridgehead atoms. The van der Waals surface area contributed by atoms with Crippen molar-refractivity contribution in [1.29, 1.82) is 0 Å². The van der Waals surface area contributed by atoms with E-state index in [0.29, 0.717) is 0 Å². The highest BCUT2D eigenvalue weighted by Gasteiger charge is 1.95. The van der Waals surface area contributed by atoms with Crippen LogP contribution in [0.5, 0.6) is 0 Å². The SMILES string of the molecule is CCC[NH2+]CCCC(N)N.CCC[NH2+]CCCC(N)N.CCC[NH2+]CCCC(N)N.[Cl-].[Cl-].[Cl-].[Cl-].[Cl-].[Cl-].[NH4+].[NH4+].[NH4+]. The molecule has 0 spiro atoms. The molecule has 0 aliphatic heterocycles. The lowest BCUT2D eigenvalue weighted by Crippen LogP contribution is -3.00. The topological polar surface area (TPSA) is 315 Å². The van der Waals surface area contributed by atoms with Gasteiger partial charge in [0.25, 0.3) is 0 Å². The van der Waals surface area contributed by atoms with Crippen molar-refractivity contribution in [3.05, 3.63) is 0 Å². The maximum Gasteiger partial charge on any atom is 0.0756 e. The highest BCUT2D eigenvalue weighted by molar-refractivity contribution is 4.49. The largest absolute Gasteiger partial charge is 1.00 e. The molecular weight excluding hydrogens is 633 g/mol. The van der Waals surface area contributed by atoms with Gasteiger partial charge in [-0.1, -0.05) is 20.8 Å². The van der Waals surface area contributed by atoms with E-state index in [1.807, 2.05) is 0 Å². The predicted octanol–water partition coefficient (Wildman–Crippen LogP) is -19.9. The van der Waals surface area contributed by atoms with Crippen LogP contribution in [0.15, 0.2) is 0 Å². The van der Waals surface area contributed by atoms with Gasteiger partial charge < -0.3 is 143 Å². The number of nitrogens with two attached hydrogens (primary N) is 9. The number of rotatable bonds is 18. The normalized spacial score (nSPS) is 8.31. The summed E-state index contributed by atoms with van der Waals surface area (Å²) in [4.78, 5) is 0. The Morgan fingerprint density at radius 3 is 0.692 bits per heavy atom. The third-order valence-electron chi connectivity index (χ3n) is 4.32. The monoisotopic (exact) mass is 702 g/mol. The molecule has 18 heteroatoms. The number of quaternary nitrogens is 6. The Hall–Kier alpha value is 1.26. The molecule has 0 saturated carbocycles. The maximum absolute atomic E-state index is 5.37. The number of halogens is 6. The van der Waals surface area contributed by atoms with Gasteiger partial charge in [-0.15, -0.1) is 0 Å². The zero-order chi connectivity index (χ0) is 23.5. The van der Waals surface area contributed by atoms with E-state index in [1.54, 1.807) is 0 Å². The Balaban J connectivity index is -0.0000000251. The summed E-state index contributed by atoms with van der Waals surface area (Å²) in [5.74, 6) is 0. The molecule has 0 aromatic rings. The molecule has 0 saturated heterocycles. The first kappa shape index (κ1) is 77.7. The van der Waals surface area contributed by atoms with Gasteiger partial charge in [-0.05, 0) is 57.8 Å². The molecule has 39 heavy (non-hydrogen) atoms. The molecule has 0 aromatic heterocycles. The van der Waals surface area contributed by atoms with Crippen LogP contribution in [0.2, 0.25) is 0 Å². The average molecular weight is 706 g/mol. The summed E-state index contributed by atoms with van der Waals surface area (Å²) in [6.07, 6.45) is 9.63. The third kappa shape index (κ3) is 110. The molecule has 0 amide bonds. The summed E-state index contributed by atoms with van der Waals surface area (Å²) in [5.41, 5.74) is 32.2. The van der Waals surface area contributed by atoms with Crippen molar-refractivity contribution < 1.29 is 90.4 Å². The van der Waals surface area contributed by atoms with Gasteiger partial charge in [-0.3, -0.25) is 0 Å². The van der Waals surface area contributed by atoms with Gasteiger partial charge >= 0.3 is 0 Å². The standard InChI is InChI=1S/3C7H19N3.6ClH.3H3N/c3*1-2-5-10-6-3-4-7(8)9;;;;;;;;;/h3*7,10H,2-6,8-9H2,1H3;6*1H;3*1H3. The van der Waals surface area contributed by atoms with Gasteiger partial charge in [-0.2, -0.15) is 0 Å². The molecule has 0 aliphatic carbocycles. The molecule has 12 nitrogen and oxygen atoms in total. The van der Waals surface area contributed by atoms with Gasteiger partial charge in [0.15, 0.2) is 0 Å². The molecule has 258 valence electrons. The molecule has 0 radical (unpaired) electrons. The zero-order valence-electron chi connectivity index (χ0n) is 25.8. The van der Waals surface area contributed by atoms with Crippen molar-refractivity contribution in [1.82, 2.24) is 18.5 Å². The second-order valence-electron chi connectivity index (χ2n) is 8.02. The quantitative estimate of drug-likeness (QED) is 0.0485. The van der Waals surface area contributed by atoms with Gasteiger partial charge in [0.1, 0.15) is 0 Å². The number of hydrogen-bond donors (Lipinski definition) is 12. The first-order valence-corrected chi connectivity index (χ1v) is 12.3. The summed E-state index contributed by atoms with van der Waals surface area (Å²) in [6.45, 7) is 13.7. The molecule has 0 aromatic carbocycles. The van der Waals surface area contributed by atoms with Gasteiger partial charge in [0.05, 0.1) is 57.8 Å². The Bertz CT molecular complexity index is 263. The number of hydrogen-bond acceptors (Lipinski definition) is 6.